The summed E-state index contributed by atoms with van der Waals surface area (Å²) in [4.78, 5) is 0. The molecule has 1 aliphatic carbocycles. The first-order chi connectivity index (χ1) is 8.22. The first kappa shape index (κ1) is 10.6. The van der Waals surface area contributed by atoms with Crippen LogP contribution in [0.3, 0.4) is 0 Å². The summed E-state index contributed by atoms with van der Waals surface area (Å²) in [6.45, 7) is 0.834. The third-order valence-electron chi connectivity index (χ3n) is 3.47. The number of nitrogens with two attached hydrogens (primary N) is 1. The van der Waals surface area contributed by atoms with Gasteiger partial charge in [-0.1, -0.05) is 0 Å². The highest BCUT2D eigenvalue weighted by Crippen LogP contribution is 2.28. The summed E-state index contributed by atoms with van der Waals surface area (Å²) in [6, 6.07) is 2.28. The maximum Gasteiger partial charge on any atom is 0.0821 e. The van der Waals surface area contributed by atoms with Crippen LogP contribution >= 0.6 is 0 Å². The molecule has 0 aromatic carbocycles. The maximum absolute atomic E-state index is 6.12. The van der Waals surface area contributed by atoms with Crippen molar-refractivity contribution in [1.82, 2.24) is 14.3 Å². The van der Waals surface area contributed by atoms with Gasteiger partial charge in [0.1, 0.15) is 0 Å². The van der Waals surface area contributed by atoms with Crippen LogP contribution in [0.2, 0.25) is 0 Å². The van der Waals surface area contributed by atoms with E-state index in [1.54, 1.807) is 0 Å². The van der Waals surface area contributed by atoms with Crippen LogP contribution in [0.4, 0.5) is 0 Å². The average Bonchev–Trinajstić information content (AvgIpc) is 2.86. The topological polar surface area (TPSA) is 48.8 Å². The summed E-state index contributed by atoms with van der Waals surface area (Å²) >= 11 is 0. The summed E-state index contributed by atoms with van der Waals surface area (Å²) in [5.74, 6) is 0. The summed E-state index contributed by atoms with van der Waals surface area (Å²) in [6.07, 6.45) is 9.88. The van der Waals surface area contributed by atoms with E-state index in [1.165, 1.54) is 17.5 Å². The molecule has 2 aromatic rings. The van der Waals surface area contributed by atoms with Crippen molar-refractivity contribution in [2.75, 3.05) is 0 Å². The smallest absolute Gasteiger partial charge is 0.0821 e. The first-order valence-corrected chi connectivity index (χ1v) is 6.15. The van der Waals surface area contributed by atoms with Crippen LogP contribution in [0, 0.1) is 0 Å². The van der Waals surface area contributed by atoms with E-state index in [-0.39, 0.29) is 6.04 Å². The van der Waals surface area contributed by atoms with Crippen molar-refractivity contribution in [3.8, 4) is 0 Å². The Bertz CT molecular complexity index is 523. The van der Waals surface area contributed by atoms with Gasteiger partial charge in [0.2, 0.25) is 0 Å². The zero-order valence-corrected chi connectivity index (χ0v) is 10.1. The fraction of sp³-hybridized carbons (Fsp3) is 0.462. The molecule has 0 aliphatic heterocycles. The zero-order chi connectivity index (χ0) is 11.8. The highest BCUT2D eigenvalue weighted by atomic mass is 15.3. The molecule has 3 rings (SSSR count). The Balaban J connectivity index is 1.85. The minimum atomic E-state index is 0.226. The third kappa shape index (κ3) is 2.00. The van der Waals surface area contributed by atoms with Crippen molar-refractivity contribution in [3.63, 3.8) is 0 Å². The van der Waals surface area contributed by atoms with Gasteiger partial charge < -0.3 is 10.3 Å². The Morgan fingerprint density at radius 2 is 2.35 bits per heavy atom. The molecule has 1 unspecified atom stereocenters. The monoisotopic (exact) mass is 230 g/mol. The Morgan fingerprint density at radius 3 is 3.06 bits per heavy atom. The lowest BCUT2D eigenvalue weighted by molar-refractivity contribution is 0.573. The number of rotatable bonds is 2. The zero-order valence-electron chi connectivity index (χ0n) is 10.1. The quantitative estimate of drug-likeness (QED) is 0.852. The van der Waals surface area contributed by atoms with Gasteiger partial charge in [-0.25, -0.2) is 0 Å². The molecule has 2 aromatic heterocycles. The molecule has 1 atom stereocenters. The number of hydrogen-bond donors (Lipinski definition) is 1. The fourth-order valence-corrected chi connectivity index (χ4v) is 2.61. The van der Waals surface area contributed by atoms with E-state index >= 15 is 0 Å². The van der Waals surface area contributed by atoms with Gasteiger partial charge in [0.15, 0.2) is 0 Å². The van der Waals surface area contributed by atoms with E-state index < -0.39 is 0 Å². The average molecular weight is 230 g/mol. The van der Waals surface area contributed by atoms with Crippen LogP contribution in [-0.4, -0.2) is 14.3 Å². The highest BCUT2D eigenvalue weighted by Gasteiger charge is 2.18. The van der Waals surface area contributed by atoms with E-state index in [4.69, 9.17) is 5.73 Å². The molecule has 0 radical (unpaired) electrons. The molecule has 90 valence electrons. The van der Waals surface area contributed by atoms with E-state index in [2.05, 4.69) is 28.1 Å². The second-order valence-electron chi connectivity index (χ2n) is 4.89. The molecule has 17 heavy (non-hydrogen) atoms. The summed E-state index contributed by atoms with van der Waals surface area (Å²) < 4.78 is 4.04. The fourth-order valence-electron chi connectivity index (χ4n) is 2.61. The van der Waals surface area contributed by atoms with E-state index in [9.17, 15) is 0 Å². The predicted molar refractivity (Wildman–Crippen MR) is 66.6 cm³/mol. The second-order valence-corrected chi connectivity index (χ2v) is 4.89. The molecule has 4 heteroatoms. The van der Waals surface area contributed by atoms with Crippen LogP contribution < -0.4 is 5.73 Å². The van der Waals surface area contributed by atoms with Gasteiger partial charge >= 0.3 is 0 Å². The molecule has 2 heterocycles. The van der Waals surface area contributed by atoms with Crippen LogP contribution in [0.25, 0.3) is 0 Å². The van der Waals surface area contributed by atoms with Gasteiger partial charge in [-0.05, 0) is 36.5 Å². The number of aryl methyl sites for hydroxylation is 2. The van der Waals surface area contributed by atoms with Crippen molar-refractivity contribution in [1.29, 1.82) is 0 Å². The molecule has 0 saturated carbocycles. The molecule has 1 aliphatic rings. The van der Waals surface area contributed by atoms with E-state index in [0.717, 1.165) is 25.1 Å². The Hall–Kier alpha value is -1.55. The Morgan fingerprint density at radius 1 is 1.47 bits per heavy atom. The summed E-state index contributed by atoms with van der Waals surface area (Å²) in [7, 11) is 1.94. The van der Waals surface area contributed by atoms with Crippen LogP contribution in [-0.2, 0) is 20.0 Å². The van der Waals surface area contributed by atoms with Crippen molar-refractivity contribution >= 4 is 0 Å². The molecule has 0 bridgehead atoms. The highest BCUT2D eigenvalue weighted by molar-refractivity contribution is 5.30. The lowest BCUT2D eigenvalue weighted by atomic mass is 9.92. The van der Waals surface area contributed by atoms with Gasteiger partial charge in [-0.3, -0.25) is 4.68 Å². The van der Waals surface area contributed by atoms with Crippen molar-refractivity contribution in [2.45, 2.75) is 31.8 Å². The molecule has 0 amide bonds. The van der Waals surface area contributed by atoms with Gasteiger partial charge in [0.05, 0.1) is 12.2 Å². The van der Waals surface area contributed by atoms with Crippen LogP contribution in [0.15, 0.2) is 24.7 Å². The SMILES string of the molecule is Cn1ccc(Cn2cc3c(c2)C(N)CCC3)n1. The van der Waals surface area contributed by atoms with Gasteiger partial charge in [0.25, 0.3) is 0 Å². The summed E-state index contributed by atoms with van der Waals surface area (Å²) in [5, 5.41) is 4.40. The number of nitrogens with zero attached hydrogens (tertiary/aromatic N) is 3. The van der Waals surface area contributed by atoms with Gasteiger partial charge in [-0.15, -0.1) is 0 Å². The molecule has 0 saturated heterocycles. The molecule has 0 spiro atoms. The Labute approximate surface area is 101 Å². The molecule has 4 nitrogen and oxygen atoms in total. The minimum Gasteiger partial charge on any atom is -0.348 e. The number of aromatic nitrogens is 3. The third-order valence-corrected chi connectivity index (χ3v) is 3.47. The van der Waals surface area contributed by atoms with Gasteiger partial charge in [0, 0.05) is 31.7 Å². The number of fused-ring (bicyclic) bond motifs is 1. The molecular weight excluding hydrogens is 212 g/mol. The normalized spacial score (nSPS) is 19.3. The molecule has 0 fully saturated rings. The minimum absolute atomic E-state index is 0.226. The van der Waals surface area contributed by atoms with Crippen molar-refractivity contribution in [2.24, 2.45) is 12.8 Å². The first-order valence-electron chi connectivity index (χ1n) is 6.15. The molecule has 2 N–H and O–H groups in total. The maximum atomic E-state index is 6.12. The van der Waals surface area contributed by atoms with Crippen LogP contribution in [0.1, 0.15) is 35.7 Å². The lowest BCUT2D eigenvalue weighted by Crippen LogP contribution is -2.15. The summed E-state index contributed by atoms with van der Waals surface area (Å²) in [5.41, 5.74) is 9.96. The number of hydrogen-bond acceptors (Lipinski definition) is 2. The molecular formula is C13H18N4. The van der Waals surface area contributed by atoms with Crippen molar-refractivity contribution in [3.05, 3.63) is 41.5 Å². The van der Waals surface area contributed by atoms with Gasteiger partial charge in [-0.2, -0.15) is 5.10 Å². The largest absolute Gasteiger partial charge is 0.348 e. The Kier molecular flexibility index (Phi) is 2.52. The van der Waals surface area contributed by atoms with E-state index in [1.807, 2.05) is 17.9 Å². The van der Waals surface area contributed by atoms with Crippen molar-refractivity contribution < 1.29 is 0 Å². The van der Waals surface area contributed by atoms with E-state index in [0.29, 0.717) is 0 Å². The van der Waals surface area contributed by atoms with Crippen LogP contribution in [0.5, 0.6) is 0 Å². The lowest BCUT2D eigenvalue weighted by Gasteiger charge is -2.17. The standard InChI is InChI=1S/C13H18N4/c1-16-6-5-11(15-16)8-17-7-10-3-2-4-13(14)12(10)9-17/h5-7,9,13H,2-4,8,14H2,1H3. The second kappa shape index (κ2) is 4.04. The predicted octanol–water partition coefficient (Wildman–Crippen LogP) is 1.61.